The number of ketones is 2. The maximum Gasteiger partial charge on any atom is 0.246 e. The second-order valence-electron chi connectivity index (χ2n) is 9.31. The van der Waals surface area contributed by atoms with Gasteiger partial charge in [0.1, 0.15) is 11.8 Å². The number of hydrogen-bond donors (Lipinski definition) is 2. The average molecular weight is 501 g/mol. The lowest BCUT2D eigenvalue weighted by molar-refractivity contribution is -0.126. The molecule has 6 nitrogen and oxygen atoms in total. The molecule has 1 atom stereocenters. The fraction of sp³-hybridized carbons (Fsp3) is 0.355. The molecule has 0 saturated heterocycles. The second kappa shape index (κ2) is 14.7. The van der Waals surface area contributed by atoms with Crippen LogP contribution in [0.4, 0.5) is 5.69 Å². The molecule has 0 spiro atoms. The molecule has 0 heterocycles. The first kappa shape index (κ1) is 27.8. The lowest BCUT2D eigenvalue weighted by Crippen LogP contribution is -2.43. The SMILES string of the molecule is CCC(=O)CCCCCC(NC(=O)CCCC(=O)c1ccccc1)C(=O)Nc1ccc2ccccc2c1. The van der Waals surface area contributed by atoms with Crippen molar-refractivity contribution in [1.82, 2.24) is 5.32 Å². The summed E-state index contributed by atoms with van der Waals surface area (Å²) in [7, 11) is 0. The molecule has 0 aliphatic carbocycles. The third-order valence-electron chi connectivity index (χ3n) is 6.41. The minimum absolute atomic E-state index is 0.000577. The van der Waals surface area contributed by atoms with E-state index in [1.165, 1.54) is 0 Å². The van der Waals surface area contributed by atoms with Gasteiger partial charge in [-0.25, -0.2) is 0 Å². The van der Waals surface area contributed by atoms with E-state index in [0.29, 0.717) is 36.9 Å². The summed E-state index contributed by atoms with van der Waals surface area (Å²) in [5.74, 6) is -0.279. The van der Waals surface area contributed by atoms with E-state index in [-0.39, 0.29) is 36.2 Å². The van der Waals surface area contributed by atoms with Crippen molar-refractivity contribution >= 4 is 39.8 Å². The maximum absolute atomic E-state index is 13.1. The Balaban J connectivity index is 1.55. The Morgan fingerprint density at radius 3 is 2.22 bits per heavy atom. The Kier molecular flexibility index (Phi) is 11.0. The highest BCUT2D eigenvalue weighted by Crippen LogP contribution is 2.19. The van der Waals surface area contributed by atoms with E-state index in [1.54, 1.807) is 12.1 Å². The summed E-state index contributed by atoms with van der Waals surface area (Å²) in [6.07, 6.45) is 4.74. The number of unbranched alkanes of at least 4 members (excludes halogenated alkanes) is 2. The van der Waals surface area contributed by atoms with Crippen molar-refractivity contribution in [3.63, 3.8) is 0 Å². The number of rotatable bonds is 15. The number of fused-ring (bicyclic) bond motifs is 1. The molecule has 0 saturated carbocycles. The molecular formula is C31H36N2O4. The average Bonchev–Trinajstić information content (AvgIpc) is 2.92. The van der Waals surface area contributed by atoms with Crippen molar-refractivity contribution in [3.05, 3.63) is 78.4 Å². The number of hydrogen-bond acceptors (Lipinski definition) is 4. The molecule has 0 aliphatic rings. The Labute approximate surface area is 218 Å². The summed E-state index contributed by atoms with van der Waals surface area (Å²) in [6, 6.07) is 22.0. The molecule has 2 amide bonds. The van der Waals surface area contributed by atoms with Crippen LogP contribution in [0.1, 0.15) is 75.1 Å². The molecule has 6 heteroatoms. The second-order valence-corrected chi connectivity index (χ2v) is 9.31. The quantitative estimate of drug-likeness (QED) is 0.191. The van der Waals surface area contributed by atoms with E-state index in [9.17, 15) is 19.2 Å². The van der Waals surface area contributed by atoms with Crippen LogP contribution in [0.15, 0.2) is 72.8 Å². The van der Waals surface area contributed by atoms with Gasteiger partial charge in [0.25, 0.3) is 0 Å². The van der Waals surface area contributed by atoms with E-state index in [2.05, 4.69) is 10.6 Å². The Morgan fingerprint density at radius 2 is 1.46 bits per heavy atom. The van der Waals surface area contributed by atoms with Crippen LogP contribution >= 0.6 is 0 Å². The standard InChI is InChI=1S/C31H36N2O4/c1-2-27(34)16-7-4-8-17-28(31(37)32-26-21-20-23-12-9-10-15-25(23)22-26)33-30(36)19-11-18-29(35)24-13-5-3-6-14-24/h3,5-6,9-10,12-15,20-22,28H,2,4,7-8,11,16-19H2,1H3,(H,32,37)(H,33,36). The highest BCUT2D eigenvalue weighted by Gasteiger charge is 2.21. The summed E-state index contributed by atoms with van der Waals surface area (Å²) in [5.41, 5.74) is 1.31. The zero-order valence-corrected chi connectivity index (χ0v) is 21.5. The molecule has 0 fully saturated rings. The van der Waals surface area contributed by atoms with E-state index < -0.39 is 6.04 Å². The topological polar surface area (TPSA) is 92.3 Å². The zero-order chi connectivity index (χ0) is 26.5. The van der Waals surface area contributed by atoms with E-state index in [0.717, 1.165) is 30.0 Å². The van der Waals surface area contributed by atoms with Gasteiger partial charge in [-0.1, -0.05) is 80.4 Å². The third-order valence-corrected chi connectivity index (χ3v) is 6.41. The number of amides is 2. The van der Waals surface area contributed by atoms with Gasteiger partial charge in [-0.2, -0.15) is 0 Å². The van der Waals surface area contributed by atoms with Gasteiger partial charge < -0.3 is 10.6 Å². The third kappa shape index (κ3) is 9.30. The van der Waals surface area contributed by atoms with Crippen molar-refractivity contribution < 1.29 is 19.2 Å². The summed E-state index contributed by atoms with van der Waals surface area (Å²) in [5, 5.41) is 7.91. The van der Waals surface area contributed by atoms with Gasteiger partial charge >= 0.3 is 0 Å². The molecule has 3 aromatic rings. The van der Waals surface area contributed by atoms with Crippen LogP contribution in [0.3, 0.4) is 0 Å². The number of carbonyl (C=O) groups is 4. The van der Waals surface area contributed by atoms with Crippen LogP contribution in [0.25, 0.3) is 10.8 Å². The molecular weight excluding hydrogens is 464 g/mol. The lowest BCUT2D eigenvalue weighted by Gasteiger charge is -2.19. The minimum atomic E-state index is -0.689. The lowest BCUT2D eigenvalue weighted by atomic mass is 10.0. The Morgan fingerprint density at radius 1 is 0.730 bits per heavy atom. The molecule has 37 heavy (non-hydrogen) atoms. The monoisotopic (exact) mass is 500 g/mol. The number of benzene rings is 3. The number of nitrogens with one attached hydrogen (secondary N) is 2. The summed E-state index contributed by atoms with van der Waals surface area (Å²) >= 11 is 0. The number of carbonyl (C=O) groups excluding carboxylic acids is 4. The Hall–Kier alpha value is -3.80. The van der Waals surface area contributed by atoms with Crippen LogP contribution in [0.5, 0.6) is 0 Å². The fourth-order valence-corrected chi connectivity index (χ4v) is 4.23. The number of Topliss-reactive ketones (excluding diaryl/α,β-unsaturated/α-hetero) is 2. The molecule has 0 bridgehead atoms. The summed E-state index contributed by atoms with van der Waals surface area (Å²) in [6.45, 7) is 1.86. The van der Waals surface area contributed by atoms with Crippen LogP contribution in [0, 0.1) is 0 Å². The van der Waals surface area contributed by atoms with Gasteiger partial charge in [-0.3, -0.25) is 19.2 Å². The molecule has 1 unspecified atom stereocenters. The van der Waals surface area contributed by atoms with Crippen molar-refractivity contribution in [2.75, 3.05) is 5.32 Å². The normalized spacial score (nSPS) is 11.6. The van der Waals surface area contributed by atoms with E-state index in [4.69, 9.17) is 0 Å². The molecule has 3 rings (SSSR count). The highest BCUT2D eigenvalue weighted by molar-refractivity contribution is 5.99. The van der Waals surface area contributed by atoms with Gasteiger partial charge in [0.15, 0.2) is 5.78 Å². The van der Waals surface area contributed by atoms with Crippen molar-refractivity contribution in [3.8, 4) is 0 Å². The van der Waals surface area contributed by atoms with Crippen molar-refractivity contribution in [2.24, 2.45) is 0 Å². The first-order valence-corrected chi connectivity index (χ1v) is 13.1. The molecule has 2 N–H and O–H groups in total. The van der Waals surface area contributed by atoms with E-state index >= 15 is 0 Å². The first-order valence-electron chi connectivity index (χ1n) is 13.1. The largest absolute Gasteiger partial charge is 0.344 e. The van der Waals surface area contributed by atoms with Gasteiger partial charge in [0, 0.05) is 36.9 Å². The van der Waals surface area contributed by atoms with Gasteiger partial charge in [-0.05, 0) is 42.2 Å². The summed E-state index contributed by atoms with van der Waals surface area (Å²) < 4.78 is 0. The molecule has 0 radical (unpaired) electrons. The van der Waals surface area contributed by atoms with Crippen molar-refractivity contribution in [1.29, 1.82) is 0 Å². The summed E-state index contributed by atoms with van der Waals surface area (Å²) in [4.78, 5) is 49.7. The Bertz CT molecular complexity index is 1210. The first-order chi connectivity index (χ1) is 18.0. The highest BCUT2D eigenvalue weighted by atomic mass is 16.2. The zero-order valence-electron chi connectivity index (χ0n) is 21.5. The van der Waals surface area contributed by atoms with Gasteiger partial charge in [-0.15, -0.1) is 0 Å². The minimum Gasteiger partial charge on any atom is -0.344 e. The maximum atomic E-state index is 13.1. The molecule has 0 aliphatic heterocycles. The molecule has 194 valence electrons. The molecule has 3 aromatic carbocycles. The van der Waals surface area contributed by atoms with Crippen LogP contribution in [-0.4, -0.2) is 29.4 Å². The van der Waals surface area contributed by atoms with E-state index in [1.807, 2.05) is 67.6 Å². The predicted molar refractivity (Wildman–Crippen MR) is 148 cm³/mol. The van der Waals surface area contributed by atoms with Crippen LogP contribution < -0.4 is 10.6 Å². The van der Waals surface area contributed by atoms with Gasteiger partial charge in [0.05, 0.1) is 0 Å². The fourth-order valence-electron chi connectivity index (χ4n) is 4.23. The van der Waals surface area contributed by atoms with Crippen molar-refractivity contribution in [2.45, 2.75) is 70.8 Å². The predicted octanol–water partition coefficient (Wildman–Crippen LogP) is 6.25. The van der Waals surface area contributed by atoms with Crippen LogP contribution in [0.2, 0.25) is 0 Å². The smallest absolute Gasteiger partial charge is 0.246 e. The van der Waals surface area contributed by atoms with Crippen LogP contribution in [-0.2, 0) is 14.4 Å². The molecule has 0 aromatic heterocycles. The number of anilines is 1. The van der Waals surface area contributed by atoms with Gasteiger partial charge in [0.2, 0.25) is 11.8 Å².